The second kappa shape index (κ2) is 13.4. The van der Waals surface area contributed by atoms with E-state index in [1.807, 2.05) is 58.0 Å². The van der Waals surface area contributed by atoms with Gasteiger partial charge in [0.1, 0.15) is 18.3 Å². The minimum absolute atomic E-state index is 0.0252. The van der Waals surface area contributed by atoms with Gasteiger partial charge in [-0.1, -0.05) is 59.6 Å². The number of ether oxygens (including phenoxy) is 1. The zero-order valence-electron chi connectivity index (χ0n) is 24.3. The molecule has 0 heterocycles. The van der Waals surface area contributed by atoms with Gasteiger partial charge in [-0.05, 0) is 76.9 Å². The van der Waals surface area contributed by atoms with Gasteiger partial charge in [-0.2, -0.15) is 0 Å². The van der Waals surface area contributed by atoms with Crippen molar-refractivity contribution in [2.24, 2.45) is 0 Å². The summed E-state index contributed by atoms with van der Waals surface area (Å²) in [5.74, 6) is -0.495. The van der Waals surface area contributed by atoms with Crippen LogP contribution in [0, 0.1) is 6.92 Å². The fourth-order valence-corrected chi connectivity index (χ4v) is 5.88. The number of nitrogens with zero attached hydrogens (tertiary/aromatic N) is 2. The highest BCUT2D eigenvalue weighted by molar-refractivity contribution is 7.92. The molecule has 0 unspecified atom stereocenters. The fourth-order valence-electron chi connectivity index (χ4n) is 4.22. The molecule has 1 atom stereocenters. The van der Waals surface area contributed by atoms with E-state index in [0.717, 1.165) is 15.4 Å². The number of amides is 2. The van der Waals surface area contributed by atoms with Gasteiger partial charge < -0.3 is 15.0 Å². The molecular formula is C31H38ClN3O5S. The lowest BCUT2D eigenvalue weighted by atomic mass is 10.1. The van der Waals surface area contributed by atoms with Crippen LogP contribution in [0.25, 0.3) is 0 Å². The quantitative estimate of drug-likeness (QED) is 0.326. The Morgan fingerprint density at radius 1 is 1.00 bits per heavy atom. The van der Waals surface area contributed by atoms with Crippen LogP contribution in [0.3, 0.4) is 0 Å². The molecule has 0 spiro atoms. The third-order valence-corrected chi connectivity index (χ3v) is 8.54. The molecule has 0 aliphatic rings. The Bertz CT molecular complexity index is 1460. The summed E-state index contributed by atoms with van der Waals surface area (Å²) in [6.07, 6.45) is 0.485. The largest absolute Gasteiger partial charge is 0.495 e. The van der Waals surface area contributed by atoms with Crippen molar-refractivity contribution < 1.29 is 22.7 Å². The molecule has 0 aliphatic heterocycles. The molecule has 220 valence electrons. The van der Waals surface area contributed by atoms with Gasteiger partial charge in [0.2, 0.25) is 11.8 Å². The summed E-state index contributed by atoms with van der Waals surface area (Å²) in [5.41, 5.74) is 1.56. The lowest BCUT2D eigenvalue weighted by molar-refractivity contribution is -0.139. The van der Waals surface area contributed by atoms with Crippen molar-refractivity contribution in [3.63, 3.8) is 0 Å². The maximum absolute atomic E-state index is 14.0. The molecular weight excluding hydrogens is 562 g/mol. The lowest BCUT2D eigenvalue weighted by Gasteiger charge is -2.33. The highest BCUT2D eigenvalue weighted by Gasteiger charge is 2.33. The van der Waals surface area contributed by atoms with E-state index in [-0.39, 0.29) is 28.1 Å². The van der Waals surface area contributed by atoms with Gasteiger partial charge in [0.05, 0.1) is 22.7 Å². The van der Waals surface area contributed by atoms with E-state index in [9.17, 15) is 18.0 Å². The molecule has 10 heteroatoms. The third-order valence-electron chi connectivity index (χ3n) is 6.46. The first-order chi connectivity index (χ1) is 19.2. The smallest absolute Gasteiger partial charge is 0.264 e. The Balaban J connectivity index is 2.02. The van der Waals surface area contributed by atoms with E-state index in [4.69, 9.17) is 16.3 Å². The zero-order chi connectivity index (χ0) is 30.4. The summed E-state index contributed by atoms with van der Waals surface area (Å²) in [4.78, 5) is 28.6. The number of hydrogen-bond donors (Lipinski definition) is 1. The normalized spacial score (nSPS) is 12.4. The van der Waals surface area contributed by atoms with Crippen LogP contribution >= 0.6 is 11.6 Å². The lowest BCUT2D eigenvalue weighted by Crippen LogP contribution is -2.55. The number of nitrogens with one attached hydrogen (secondary N) is 1. The molecule has 0 fully saturated rings. The molecule has 0 bridgehead atoms. The number of carbonyl (C=O) groups excluding carboxylic acids is 2. The van der Waals surface area contributed by atoms with Gasteiger partial charge in [-0.25, -0.2) is 8.42 Å². The van der Waals surface area contributed by atoms with Gasteiger partial charge in [-0.15, -0.1) is 0 Å². The summed E-state index contributed by atoms with van der Waals surface area (Å²) in [6.45, 7) is 8.75. The van der Waals surface area contributed by atoms with Gasteiger partial charge in [-0.3, -0.25) is 13.9 Å². The van der Waals surface area contributed by atoms with Gasteiger partial charge >= 0.3 is 0 Å². The molecule has 41 heavy (non-hydrogen) atoms. The maximum atomic E-state index is 14.0. The van der Waals surface area contributed by atoms with E-state index in [2.05, 4.69) is 5.32 Å². The molecule has 0 saturated carbocycles. The number of halogens is 1. The van der Waals surface area contributed by atoms with Crippen LogP contribution in [0.2, 0.25) is 5.02 Å². The second-order valence-corrected chi connectivity index (χ2v) is 13.2. The SMILES string of the molecule is COc1ccc(N(CC(=O)N(CCc2ccccc2)[C@@H](C)C(=O)NC(C)(C)C)S(=O)(=O)c2ccc(C)cc2)cc1Cl. The zero-order valence-corrected chi connectivity index (χ0v) is 25.9. The minimum Gasteiger partial charge on any atom is -0.495 e. The maximum Gasteiger partial charge on any atom is 0.264 e. The molecule has 0 aliphatic carbocycles. The van der Waals surface area contributed by atoms with Crippen molar-refractivity contribution in [1.82, 2.24) is 10.2 Å². The standard InChI is InChI=1S/C31H38ClN3O5S/c1-22-12-15-26(16-13-22)41(38,39)35(25-14-17-28(40-6)27(32)20-25)21-29(36)34(19-18-24-10-8-7-9-11-24)23(2)30(37)33-31(3,4)5/h7-17,20,23H,18-19,21H2,1-6H3,(H,33,37)/t23-/m0/s1. The van der Waals surface area contributed by atoms with Gasteiger partial charge in [0, 0.05) is 12.1 Å². The summed E-state index contributed by atoms with van der Waals surface area (Å²) in [7, 11) is -2.73. The molecule has 3 aromatic carbocycles. The van der Waals surface area contributed by atoms with Crippen molar-refractivity contribution >= 4 is 39.1 Å². The predicted molar refractivity (Wildman–Crippen MR) is 163 cm³/mol. The van der Waals surface area contributed by atoms with Crippen LogP contribution in [0.15, 0.2) is 77.7 Å². The highest BCUT2D eigenvalue weighted by Crippen LogP contribution is 2.32. The monoisotopic (exact) mass is 599 g/mol. The Kier molecular flexibility index (Phi) is 10.4. The average Bonchev–Trinajstić information content (AvgIpc) is 2.91. The third kappa shape index (κ3) is 8.47. The first-order valence-corrected chi connectivity index (χ1v) is 15.1. The Morgan fingerprint density at radius 3 is 2.20 bits per heavy atom. The first kappa shape index (κ1) is 32.0. The highest BCUT2D eigenvalue weighted by atomic mass is 35.5. The summed E-state index contributed by atoms with van der Waals surface area (Å²) in [5, 5.41) is 3.12. The number of sulfonamides is 1. The first-order valence-electron chi connectivity index (χ1n) is 13.3. The number of aryl methyl sites for hydroxylation is 1. The van der Waals surface area contributed by atoms with Crippen molar-refractivity contribution in [1.29, 1.82) is 0 Å². The van der Waals surface area contributed by atoms with Crippen molar-refractivity contribution in [3.05, 3.63) is 88.9 Å². The molecule has 8 nitrogen and oxygen atoms in total. The van der Waals surface area contributed by atoms with Crippen LogP contribution in [0.1, 0.15) is 38.8 Å². The Morgan fingerprint density at radius 2 is 1.63 bits per heavy atom. The Hall–Kier alpha value is -3.56. The minimum atomic E-state index is -4.19. The number of benzene rings is 3. The average molecular weight is 600 g/mol. The molecule has 0 saturated heterocycles. The molecule has 1 N–H and O–H groups in total. The van der Waals surface area contributed by atoms with Gasteiger partial charge in [0.15, 0.2) is 0 Å². The van der Waals surface area contributed by atoms with E-state index in [1.54, 1.807) is 25.1 Å². The predicted octanol–water partition coefficient (Wildman–Crippen LogP) is 5.23. The van der Waals surface area contributed by atoms with Crippen LogP contribution in [-0.4, -0.2) is 56.9 Å². The van der Waals surface area contributed by atoms with Crippen molar-refractivity contribution in [3.8, 4) is 5.75 Å². The van der Waals surface area contributed by atoms with E-state index in [0.29, 0.717) is 12.2 Å². The molecule has 3 aromatic rings. The van der Waals surface area contributed by atoms with E-state index >= 15 is 0 Å². The van der Waals surface area contributed by atoms with Crippen LogP contribution in [0.4, 0.5) is 5.69 Å². The number of methoxy groups -OCH3 is 1. The van der Waals surface area contributed by atoms with E-state index in [1.165, 1.54) is 36.3 Å². The number of hydrogen-bond acceptors (Lipinski definition) is 5. The van der Waals surface area contributed by atoms with Crippen LogP contribution in [0.5, 0.6) is 5.75 Å². The van der Waals surface area contributed by atoms with Crippen molar-refractivity contribution in [2.75, 3.05) is 24.5 Å². The molecule has 3 rings (SSSR count). The summed E-state index contributed by atoms with van der Waals surface area (Å²) in [6, 6.07) is 19.7. The van der Waals surface area contributed by atoms with Crippen LogP contribution in [-0.2, 0) is 26.0 Å². The second-order valence-electron chi connectivity index (χ2n) is 10.9. The van der Waals surface area contributed by atoms with E-state index < -0.39 is 34.1 Å². The molecule has 0 radical (unpaired) electrons. The number of anilines is 1. The molecule has 2 amide bonds. The Labute approximate surface area is 248 Å². The topological polar surface area (TPSA) is 96.0 Å². The number of rotatable bonds is 11. The van der Waals surface area contributed by atoms with Crippen molar-refractivity contribution in [2.45, 2.75) is 57.5 Å². The molecule has 0 aromatic heterocycles. The van der Waals surface area contributed by atoms with Gasteiger partial charge in [0.25, 0.3) is 10.0 Å². The summed E-state index contributed by atoms with van der Waals surface area (Å²) >= 11 is 6.37. The van der Waals surface area contributed by atoms with Crippen LogP contribution < -0.4 is 14.4 Å². The summed E-state index contributed by atoms with van der Waals surface area (Å²) < 4.78 is 34.1. The fraction of sp³-hybridized carbons (Fsp3) is 0.355. The number of carbonyl (C=O) groups is 2.